The maximum atomic E-state index is 13.3. The van der Waals surface area contributed by atoms with Crippen molar-refractivity contribution >= 4 is 29.4 Å². The van der Waals surface area contributed by atoms with Gasteiger partial charge >= 0.3 is 0 Å². The van der Waals surface area contributed by atoms with Gasteiger partial charge in [0.25, 0.3) is 11.1 Å². The number of amides is 2. The van der Waals surface area contributed by atoms with E-state index in [1.165, 1.54) is 11.8 Å². The summed E-state index contributed by atoms with van der Waals surface area (Å²) in [5.74, 6) is -1.01. The Morgan fingerprint density at radius 2 is 1.85 bits per heavy atom. The number of carbonyl (C=O) groups excluding carboxylic acids is 3. The molecule has 33 heavy (non-hydrogen) atoms. The topological polar surface area (TPSA) is 114 Å². The van der Waals surface area contributed by atoms with Crippen LogP contribution < -0.4 is 10.6 Å². The summed E-state index contributed by atoms with van der Waals surface area (Å²) in [5.41, 5.74) is 0.929. The number of ketones is 1. The number of carbonyl (C=O) groups is 3. The largest absolute Gasteiger partial charge is 0.408 e. The molecule has 2 amide bonds. The zero-order valence-electron chi connectivity index (χ0n) is 19.4. The molecule has 178 valence electrons. The van der Waals surface area contributed by atoms with E-state index in [4.69, 9.17) is 4.42 Å². The second-order valence-corrected chi connectivity index (χ2v) is 9.62. The summed E-state index contributed by atoms with van der Waals surface area (Å²) in [6, 6.07) is 8.52. The molecule has 1 aromatic heterocycles. The van der Waals surface area contributed by atoms with Crippen molar-refractivity contribution in [1.29, 1.82) is 0 Å². The molecule has 0 saturated heterocycles. The lowest BCUT2D eigenvalue weighted by Crippen LogP contribution is -2.52. The van der Waals surface area contributed by atoms with Crippen LogP contribution in [0.1, 0.15) is 62.2 Å². The maximum absolute atomic E-state index is 13.3. The number of aromatic nitrogens is 2. The Morgan fingerprint density at radius 1 is 1.12 bits per heavy atom. The Morgan fingerprint density at radius 3 is 2.52 bits per heavy atom. The number of nitrogens with zero attached hydrogens (tertiary/aromatic N) is 2. The first-order valence-corrected chi connectivity index (χ1v) is 12.6. The van der Waals surface area contributed by atoms with Crippen LogP contribution in [0.5, 0.6) is 0 Å². The first kappa shape index (κ1) is 25.0. The molecule has 0 bridgehead atoms. The molecule has 2 N–H and O–H groups in total. The van der Waals surface area contributed by atoms with Gasteiger partial charge in [-0.15, -0.1) is 10.2 Å². The van der Waals surface area contributed by atoms with Crippen molar-refractivity contribution in [3.8, 4) is 0 Å². The summed E-state index contributed by atoms with van der Waals surface area (Å²) in [4.78, 5) is 38.9. The molecule has 1 heterocycles. The number of rotatable bonds is 10. The van der Waals surface area contributed by atoms with Crippen LogP contribution in [0.25, 0.3) is 0 Å². The number of hydrogen-bond donors (Lipinski definition) is 2. The normalized spacial score (nSPS) is 19.2. The molecule has 1 aliphatic carbocycles. The first-order valence-electron chi connectivity index (χ1n) is 11.4. The summed E-state index contributed by atoms with van der Waals surface area (Å²) in [5, 5.41) is 13.9. The van der Waals surface area contributed by atoms with Gasteiger partial charge in [-0.05, 0) is 37.0 Å². The number of thioether (sulfide) groups is 1. The van der Waals surface area contributed by atoms with Crippen molar-refractivity contribution in [2.45, 2.75) is 69.7 Å². The minimum absolute atomic E-state index is 0.0957. The number of hydrogen-bond acceptors (Lipinski definition) is 7. The van der Waals surface area contributed by atoms with E-state index >= 15 is 0 Å². The maximum Gasteiger partial charge on any atom is 0.286 e. The molecule has 1 fully saturated rings. The molecule has 2 aromatic rings. The van der Waals surface area contributed by atoms with Gasteiger partial charge in [0.1, 0.15) is 0 Å². The molecular formula is C24H32N4O4S. The Bertz CT molecular complexity index is 947. The highest BCUT2D eigenvalue weighted by Gasteiger charge is 2.35. The molecule has 0 unspecified atom stereocenters. The molecule has 3 rings (SSSR count). The molecule has 1 saturated carbocycles. The Hall–Kier alpha value is -2.68. The Kier molecular flexibility index (Phi) is 9.05. The molecule has 0 spiro atoms. The van der Waals surface area contributed by atoms with E-state index in [9.17, 15) is 14.4 Å². The van der Waals surface area contributed by atoms with Crippen molar-refractivity contribution in [2.75, 3.05) is 6.26 Å². The fraction of sp³-hybridized carbons (Fsp3) is 0.542. The third-order valence-corrected chi connectivity index (χ3v) is 6.30. The van der Waals surface area contributed by atoms with Crippen molar-refractivity contribution in [1.82, 2.24) is 20.8 Å². The summed E-state index contributed by atoms with van der Waals surface area (Å²) in [7, 11) is 0. The average molecular weight is 473 g/mol. The van der Waals surface area contributed by atoms with Gasteiger partial charge in [0.15, 0.2) is 0 Å². The van der Waals surface area contributed by atoms with Crippen molar-refractivity contribution in [2.24, 2.45) is 11.8 Å². The van der Waals surface area contributed by atoms with Crippen molar-refractivity contribution < 1.29 is 18.8 Å². The van der Waals surface area contributed by atoms with E-state index in [1.807, 2.05) is 44.2 Å². The van der Waals surface area contributed by atoms with Gasteiger partial charge in [-0.25, -0.2) is 0 Å². The molecule has 0 radical (unpaired) electrons. The summed E-state index contributed by atoms with van der Waals surface area (Å²) >= 11 is 1.26. The third-order valence-electron chi connectivity index (χ3n) is 5.79. The number of Topliss-reactive ketones (excluding diaryl/α,β-unsaturated/α-hetero) is 1. The number of nitrogens with one attached hydrogen (secondary N) is 2. The van der Waals surface area contributed by atoms with Gasteiger partial charge in [-0.3, -0.25) is 14.4 Å². The van der Waals surface area contributed by atoms with Gasteiger partial charge in [0.2, 0.25) is 17.6 Å². The molecule has 1 aliphatic rings. The monoisotopic (exact) mass is 472 g/mol. The predicted molar refractivity (Wildman–Crippen MR) is 126 cm³/mol. The van der Waals surface area contributed by atoms with Gasteiger partial charge in [0, 0.05) is 6.04 Å². The standard InChI is InChI=1S/C24H32N4O4S/c1-15(2)13-19(21(30)23-27-28-24(32-23)33-3)26-22(31)17-11-7-8-12-18(17)25-20(29)14-16-9-5-4-6-10-16/h4-6,9-10,15,17-19H,7-8,11-14H2,1-3H3,(H,25,29)(H,26,31)/t17-,18+,19+/m1/s1. The van der Waals surface area contributed by atoms with Gasteiger partial charge in [-0.2, -0.15) is 0 Å². The van der Waals surface area contributed by atoms with E-state index in [0.717, 1.165) is 24.8 Å². The average Bonchev–Trinajstić information content (AvgIpc) is 3.28. The SMILES string of the molecule is CSc1nnc(C(=O)[C@H](CC(C)C)NC(=O)[C@@H]2CCCC[C@@H]2NC(=O)Cc2ccccc2)o1. The lowest BCUT2D eigenvalue weighted by Gasteiger charge is -2.32. The van der Waals surface area contributed by atoms with Crippen LogP contribution in [0.3, 0.4) is 0 Å². The van der Waals surface area contributed by atoms with E-state index in [-0.39, 0.29) is 47.8 Å². The molecule has 1 aromatic carbocycles. The van der Waals surface area contributed by atoms with Crippen molar-refractivity contribution in [3.63, 3.8) is 0 Å². The Balaban J connectivity index is 1.67. The van der Waals surface area contributed by atoms with Crippen LogP contribution in [0.15, 0.2) is 40.0 Å². The summed E-state index contributed by atoms with van der Waals surface area (Å²) < 4.78 is 5.40. The van der Waals surface area contributed by atoms with Crippen LogP contribution >= 0.6 is 11.8 Å². The third kappa shape index (κ3) is 7.15. The second kappa shape index (κ2) is 12.0. The first-order chi connectivity index (χ1) is 15.9. The molecule has 9 heteroatoms. The van der Waals surface area contributed by atoms with E-state index in [1.54, 1.807) is 6.26 Å². The van der Waals surface area contributed by atoms with E-state index in [2.05, 4.69) is 20.8 Å². The van der Waals surface area contributed by atoms with E-state index in [0.29, 0.717) is 18.1 Å². The van der Waals surface area contributed by atoms with Gasteiger partial charge in [0.05, 0.1) is 18.4 Å². The molecule has 0 aliphatic heterocycles. The highest BCUT2D eigenvalue weighted by Crippen LogP contribution is 2.26. The van der Waals surface area contributed by atoms with Gasteiger partial charge < -0.3 is 15.1 Å². The zero-order valence-corrected chi connectivity index (χ0v) is 20.2. The quantitative estimate of drug-likeness (QED) is 0.402. The molecular weight excluding hydrogens is 440 g/mol. The van der Waals surface area contributed by atoms with Crippen LogP contribution in [0.4, 0.5) is 0 Å². The highest BCUT2D eigenvalue weighted by molar-refractivity contribution is 7.98. The lowest BCUT2D eigenvalue weighted by atomic mass is 9.83. The van der Waals surface area contributed by atoms with Crippen LogP contribution in [-0.4, -0.2) is 46.1 Å². The molecule has 3 atom stereocenters. The van der Waals surface area contributed by atoms with Crippen molar-refractivity contribution in [3.05, 3.63) is 41.8 Å². The van der Waals surface area contributed by atoms with Crippen LogP contribution in [-0.2, 0) is 16.0 Å². The smallest absolute Gasteiger partial charge is 0.286 e. The minimum Gasteiger partial charge on any atom is -0.408 e. The van der Waals surface area contributed by atoms with Crippen LogP contribution in [0.2, 0.25) is 0 Å². The fourth-order valence-corrected chi connectivity index (χ4v) is 4.46. The number of benzene rings is 1. The zero-order chi connectivity index (χ0) is 23.8. The van der Waals surface area contributed by atoms with E-state index < -0.39 is 6.04 Å². The Labute approximate surface area is 198 Å². The summed E-state index contributed by atoms with van der Waals surface area (Å²) in [6.07, 6.45) is 5.78. The second-order valence-electron chi connectivity index (χ2n) is 8.86. The predicted octanol–water partition coefficient (Wildman–Crippen LogP) is 3.42. The minimum atomic E-state index is -0.754. The summed E-state index contributed by atoms with van der Waals surface area (Å²) in [6.45, 7) is 3.97. The van der Waals surface area contributed by atoms with Crippen LogP contribution in [0, 0.1) is 11.8 Å². The fourth-order valence-electron chi connectivity index (χ4n) is 4.18. The van der Waals surface area contributed by atoms with Gasteiger partial charge in [-0.1, -0.05) is 68.8 Å². The molecule has 8 nitrogen and oxygen atoms in total. The highest BCUT2D eigenvalue weighted by atomic mass is 32.2. The lowest BCUT2D eigenvalue weighted by molar-refractivity contribution is -0.128.